The average molecular weight is 546 g/mol. The number of hydrogen-bond donors (Lipinski definition) is 1. The van der Waals surface area contributed by atoms with E-state index in [4.69, 9.17) is 25.8 Å². The predicted octanol–water partition coefficient (Wildman–Crippen LogP) is 5.61. The highest BCUT2D eigenvalue weighted by Gasteiger charge is 2.17. The molecule has 0 radical (unpaired) electrons. The van der Waals surface area contributed by atoms with E-state index in [1.54, 1.807) is 20.4 Å². The lowest BCUT2D eigenvalue weighted by atomic mass is 10.0. The Bertz CT molecular complexity index is 1560. The zero-order chi connectivity index (χ0) is 27.5. The second-order valence-electron chi connectivity index (χ2n) is 9.80. The first-order valence-electron chi connectivity index (χ1n) is 12.9. The normalized spacial score (nSPS) is 14.4. The van der Waals surface area contributed by atoms with E-state index >= 15 is 0 Å². The molecule has 0 amide bonds. The number of rotatable bonds is 8. The number of aromatic nitrogens is 1. The van der Waals surface area contributed by atoms with Crippen LogP contribution in [-0.4, -0.2) is 75.4 Å². The summed E-state index contributed by atoms with van der Waals surface area (Å²) in [6.07, 6.45) is 1.58. The minimum absolute atomic E-state index is 0.410. The summed E-state index contributed by atoms with van der Waals surface area (Å²) in [7, 11) is 5.42. The van der Waals surface area contributed by atoms with Crippen LogP contribution in [0.15, 0.2) is 42.6 Å². The molecule has 2 heterocycles. The van der Waals surface area contributed by atoms with Gasteiger partial charge in [-0.05, 0) is 60.6 Å². The molecule has 1 aliphatic heterocycles. The molecule has 0 saturated carbocycles. The Kier molecular flexibility index (Phi) is 7.94. The Labute approximate surface area is 233 Å². The van der Waals surface area contributed by atoms with Gasteiger partial charge in [0.2, 0.25) is 0 Å². The highest BCUT2D eigenvalue weighted by molar-refractivity contribution is 6.33. The minimum atomic E-state index is 0.410. The fourth-order valence-electron chi connectivity index (χ4n) is 4.90. The third-order valence-corrected chi connectivity index (χ3v) is 7.55. The van der Waals surface area contributed by atoms with Crippen molar-refractivity contribution < 1.29 is 14.2 Å². The molecule has 1 saturated heterocycles. The number of aryl methyl sites for hydroxylation is 1. The summed E-state index contributed by atoms with van der Waals surface area (Å²) < 4.78 is 17.3. The summed E-state index contributed by atoms with van der Waals surface area (Å²) in [6.45, 7) is 7.63. The number of piperazine rings is 1. The number of hydrogen-bond acceptors (Lipinski definition) is 8. The van der Waals surface area contributed by atoms with Gasteiger partial charge in [0.05, 0.1) is 41.7 Å². The Morgan fingerprint density at radius 1 is 0.974 bits per heavy atom. The number of nitrogens with zero attached hydrogens (tertiary/aromatic N) is 4. The van der Waals surface area contributed by atoms with Crippen molar-refractivity contribution in [1.29, 1.82) is 5.26 Å². The van der Waals surface area contributed by atoms with Crippen LogP contribution in [0.3, 0.4) is 0 Å². The van der Waals surface area contributed by atoms with Crippen LogP contribution >= 0.6 is 11.6 Å². The summed E-state index contributed by atoms with van der Waals surface area (Å²) in [5, 5.41) is 16.5. The van der Waals surface area contributed by atoms with E-state index in [2.05, 4.69) is 33.2 Å². The number of anilines is 2. The van der Waals surface area contributed by atoms with Gasteiger partial charge in [-0.3, -0.25) is 9.88 Å². The first kappa shape index (κ1) is 26.8. The van der Waals surface area contributed by atoms with E-state index in [1.165, 1.54) is 0 Å². The van der Waals surface area contributed by atoms with Crippen LogP contribution < -0.4 is 19.5 Å². The maximum atomic E-state index is 9.86. The number of benzene rings is 3. The number of nitrogens with one attached hydrogen (secondary N) is 1. The molecule has 8 nitrogen and oxygen atoms in total. The number of likely N-dealkylation sites (N-methyl/N-ethyl adjacent to an activating group) is 1. The average Bonchev–Trinajstić information content (AvgIpc) is 2.94. The maximum absolute atomic E-state index is 9.86. The minimum Gasteiger partial charge on any atom is -0.496 e. The molecule has 9 heteroatoms. The summed E-state index contributed by atoms with van der Waals surface area (Å²) in [6, 6.07) is 13.9. The van der Waals surface area contributed by atoms with Crippen LogP contribution in [0.5, 0.6) is 17.2 Å². The van der Waals surface area contributed by atoms with E-state index in [0.717, 1.165) is 60.0 Å². The Morgan fingerprint density at radius 3 is 2.41 bits per heavy atom. The molecule has 202 valence electrons. The molecule has 1 aliphatic rings. The second-order valence-corrected chi connectivity index (χ2v) is 10.2. The Morgan fingerprint density at radius 2 is 1.69 bits per heavy atom. The molecule has 3 aromatic carbocycles. The van der Waals surface area contributed by atoms with Crippen LogP contribution in [0.4, 0.5) is 11.4 Å². The van der Waals surface area contributed by atoms with Crippen molar-refractivity contribution in [3.8, 4) is 23.3 Å². The SMILES string of the molecule is COc1cc(Nc2c(C#N)cnc3cc4cc(OCCN5CCN(C)CC5)c(OC)cc4cc23)c(Cl)cc1C. The molecule has 0 spiro atoms. The summed E-state index contributed by atoms with van der Waals surface area (Å²) in [5.41, 5.74) is 3.35. The van der Waals surface area contributed by atoms with Crippen LogP contribution in [0.1, 0.15) is 11.1 Å². The predicted molar refractivity (Wildman–Crippen MR) is 156 cm³/mol. The van der Waals surface area contributed by atoms with E-state index in [1.807, 2.05) is 43.3 Å². The Hall–Kier alpha value is -3.77. The van der Waals surface area contributed by atoms with E-state index < -0.39 is 0 Å². The number of methoxy groups -OCH3 is 2. The molecule has 4 aromatic rings. The monoisotopic (exact) mass is 545 g/mol. The zero-order valence-electron chi connectivity index (χ0n) is 22.7. The maximum Gasteiger partial charge on any atom is 0.161 e. The number of ether oxygens (including phenoxy) is 3. The van der Waals surface area contributed by atoms with Crippen molar-refractivity contribution >= 4 is 44.7 Å². The summed E-state index contributed by atoms with van der Waals surface area (Å²) in [5.74, 6) is 2.06. The van der Waals surface area contributed by atoms with Gasteiger partial charge in [-0.15, -0.1) is 0 Å². The van der Waals surface area contributed by atoms with Crippen molar-refractivity contribution in [3.05, 3.63) is 58.7 Å². The van der Waals surface area contributed by atoms with E-state index in [9.17, 15) is 5.26 Å². The quantitative estimate of drug-likeness (QED) is 0.286. The van der Waals surface area contributed by atoms with Crippen LogP contribution in [0.25, 0.3) is 21.7 Å². The van der Waals surface area contributed by atoms with Crippen molar-refractivity contribution in [2.75, 3.05) is 65.9 Å². The summed E-state index contributed by atoms with van der Waals surface area (Å²) in [4.78, 5) is 9.33. The molecular formula is C30H32ClN5O3. The Balaban J connectivity index is 1.48. The third kappa shape index (κ3) is 5.66. The molecule has 1 fully saturated rings. The molecule has 1 aromatic heterocycles. The van der Waals surface area contributed by atoms with Crippen LogP contribution in [0.2, 0.25) is 5.02 Å². The smallest absolute Gasteiger partial charge is 0.161 e. The van der Waals surface area contributed by atoms with Crippen LogP contribution in [-0.2, 0) is 0 Å². The summed E-state index contributed by atoms with van der Waals surface area (Å²) >= 11 is 6.55. The first-order chi connectivity index (χ1) is 18.9. The lowest BCUT2D eigenvalue weighted by Crippen LogP contribution is -2.45. The first-order valence-corrected chi connectivity index (χ1v) is 13.3. The molecule has 0 aliphatic carbocycles. The van der Waals surface area contributed by atoms with E-state index in [0.29, 0.717) is 45.8 Å². The van der Waals surface area contributed by atoms with Crippen molar-refractivity contribution in [2.24, 2.45) is 0 Å². The largest absolute Gasteiger partial charge is 0.496 e. The van der Waals surface area contributed by atoms with Crippen molar-refractivity contribution in [2.45, 2.75) is 6.92 Å². The molecule has 5 rings (SSSR count). The fourth-order valence-corrected chi connectivity index (χ4v) is 5.16. The van der Waals surface area contributed by atoms with Gasteiger partial charge < -0.3 is 24.4 Å². The standard InChI is InChI=1S/C30H32ClN5O3/c1-19-11-24(31)26(16-27(19)37-3)34-30-22(17-32)18-33-25-13-21-15-29(28(38-4)14-20(21)12-23(25)30)39-10-9-36-7-5-35(2)6-8-36/h11-16,18H,5-10H2,1-4H3,(H,33,34). The van der Waals surface area contributed by atoms with Crippen molar-refractivity contribution in [3.63, 3.8) is 0 Å². The molecule has 1 N–H and O–H groups in total. The van der Waals surface area contributed by atoms with Gasteiger partial charge in [-0.25, -0.2) is 0 Å². The molecule has 39 heavy (non-hydrogen) atoms. The van der Waals surface area contributed by atoms with Gasteiger partial charge >= 0.3 is 0 Å². The van der Waals surface area contributed by atoms with Gasteiger partial charge in [0.15, 0.2) is 11.5 Å². The van der Waals surface area contributed by atoms with Gasteiger partial charge in [0, 0.05) is 50.4 Å². The van der Waals surface area contributed by atoms with E-state index in [-0.39, 0.29) is 0 Å². The number of fused-ring (bicyclic) bond motifs is 2. The molecule has 0 unspecified atom stereocenters. The molecule has 0 bridgehead atoms. The van der Waals surface area contributed by atoms with Gasteiger partial charge in [0.1, 0.15) is 18.4 Å². The fraction of sp³-hybridized carbons (Fsp3) is 0.333. The van der Waals surface area contributed by atoms with Crippen LogP contribution in [0, 0.1) is 18.3 Å². The number of pyridine rings is 1. The number of halogens is 1. The lowest BCUT2D eigenvalue weighted by molar-refractivity contribution is 0.133. The molecular weight excluding hydrogens is 514 g/mol. The third-order valence-electron chi connectivity index (χ3n) is 7.23. The van der Waals surface area contributed by atoms with Gasteiger partial charge in [0.25, 0.3) is 0 Å². The topological polar surface area (TPSA) is 82.9 Å². The number of nitriles is 1. The second kappa shape index (κ2) is 11.5. The van der Waals surface area contributed by atoms with Crippen molar-refractivity contribution in [1.82, 2.24) is 14.8 Å². The zero-order valence-corrected chi connectivity index (χ0v) is 23.4. The van der Waals surface area contributed by atoms with Gasteiger partial charge in [-0.1, -0.05) is 11.6 Å². The molecule has 0 atom stereocenters. The van der Waals surface area contributed by atoms with Gasteiger partial charge in [-0.2, -0.15) is 5.26 Å². The highest BCUT2D eigenvalue weighted by atomic mass is 35.5. The highest BCUT2D eigenvalue weighted by Crippen LogP contribution is 2.39. The lowest BCUT2D eigenvalue weighted by Gasteiger charge is -2.32.